The Bertz CT molecular complexity index is 653. The summed E-state index contributed by atoms with van der Waals surface area (Å²) in [5.74, 6) is 0.210. The molecule has 0 N–H and O–H groups in total. The van der Waals surface area contributed by atoms with E-state index in [1.165, 1.54) is 6.20 Å². The van der Waals surface area contributed by atoms with Gasteiger partial charge in [-0.25, -0.2) is 0 Å². The molecule has 0 aliphatic heterocycles. The number of hydrogen-bond acceptors (Lipinski definition) is 7. The summed E-state index contributed by atoms with van der Waals surface area (Å²) < 4.78 is 42.0. The van der Waals surface area contributed by atoms with Gasteiger partial charge < -0.3 is 0 Å². The summed E-state index contributed by atoms with van der Waals surface area (Å²) in [7, 11) is 0. The molecule has 0 bridgehead atoms. The largest absolute Gasteiger partial charge is 0.445 e. The first-order chi connectivity index (χ1) is 8.05. The Morgan fingerprint density at radius 2 is 2.06 bits per heavy atom. The molecule has 6 nitrogen and oxygen atoms in total. The molecule has 0 radical (unpaired) electrons. The highest BCUT2D eigenvalue weighted by Gasteiger charge is 2.36. The minimum atomic E-state index is -4.48. The van der Waals surface area contributed by atoms with Gasteiger partial charge in [-0.3, -0.25) is 0 Å². The second-order valence-electron chi connectivity index (χ2n) is 2.90. The summed E-state index contributed by atoms with van der Waals surface area (Å²) in [4.78, 5) is 0.595. The van der Waals surface area contributed by atoms with E-state index >= 15 is 0 Å². The molecule has 0 unspecified atom stereocenters. The Hall–Kier alpha value is -1.62. The molecule has 3 heterocycles. The second-order valence-corrected chi connectivity index (χ2v) is 4.65. The highest BCUT2D eigenvalue weighted by atomic mass is 32.1. The first kappa shape index (κ1) is 10.5. The molecule has 0 aromatic carbocycles. The van der Waals surface area contributed by atoms with Crippen LogP contribution in [0, 0.1) is 0 Å². The fourth-order valence-electron chi connectivity index (χ4n) is 1.15. The number of rotatable bonds is 1. The first-order valence-electron chi connectivity index (χ1n) is 4.13. The number of nitrogens with zero attached hydrogens (tertiary/aromatic N) is 6. The van der Waals surface area contributed by atoms with E-state index in [-0.39, 0.29) is 10.8 Å². The van der Waals surface area contributed by atoms with E-state index in [1.807, 2.05) is 0 Å². The third-order valence-electron chi connectivity index (χ3n) is 1.82. The maximum Gasteiger partial charge on any atom is 0.445 e. The van der Waals surface area contributed by atoms with Gasteiger partial charge in [0, 0.05) is 0 Å². The molecule has 3 aromatic heterocycles. The van der Waals surface area contributed by atoms with Crippen LogP contribution in [0.25, 0.3) is 15.7 Å². The second kappa shape index (κ2) is 3.43. The molecule has 11 heteroatoms. The number of hydrogen-bond donors (Lipinski definition) is 0. The zero-order chi connectivity index (χ0) is 12.0. The van der Waals surface area contributed by atoms with E-state index in [1.54, 1.807) is 0 Å². The Morgan fingerprint density at radius 1 is 1.24 bits per heavy atom. The third-order valence-corrected chi connectivity index (χ3v) is 3.42. The molecule has 3 rings (SSSR count). The number of fused-ring (bicyclic) bond motifs is 1. The normalized spacial score (nSPS) is 12.4. The lowest BCUT2D eigenvalue weighted by Crippen LogP contribution is -2.05. The summed E-state index contributed by atoms with van der Waals surface area (Å²) in [6.45, 7) is 0. The first-order valence-corrected chi connectivity index (χ1v) is 5.72. The monoisotopic (exact) mass is 278 g/mol. The van der Waals surface area contributed by atoms with E-state index in [2.05, 4.69) is 24.9 Å². The molecule has 0 spiro atoms. The Morgan fingerprint density at radius 3 is 2.71 bits per heavy atom. The van der Waals surface area contributed by atoms with Crippen LogP contribution >= 0.6 is 22.9 Å². The quantitative estimate of drug-likeness (QED) is 0.678. The van der Waals surface area contributed by atoms with Crippen LogP contribution in [0.15, 0.2) is 6.20 Å². The highest BCUT2D eigenvalue weighted by Crippen LogP contribution is 2.33. The molecule has 0 atom stereocenters. The SMILES string of the molecule is FC(F)(F)c1nn2c(-c3cnns3)nnc2s1. The van der Waals surface area contributed by atoms with Crippen molar-refractivity contribution in [3.8, 4) is 10.7 Å². The van der Waals surface area contributed by atoms with Gasteiger partial charge in [0.2, 0.25) is 9.97 Å². The number of aromatic nitrogens is 6. The average molecular weight is 278 g/mol. The summed E-state index contributed by atoms with van der Waals surface area (Å²) in [5.41, 5.74) is 0. The van der Waals surface area contributed by atoms with Gasteiger partial charge in [-0.05, 0) is 11.5 Å². The van der Waals surface area contributed by atoms with Crippen molar-refractivity contribution in [2.75, 3.05) is 0 Å². The molecule has 0 aliphatic rings. The topological polar surface area (TPSA) is 68.9 Å². The summed E-state index contributed by atoms with van der Waals surface area (Å²) >= 11 is 1.45. The van der Waals surface area contributed by atoms with Crippen molar-refractivity contribution in [1.29, 1.82) is 0 Å². The smallest absolute Gasteiger partial charge is 0.181 e. The van der Waals surface area contributed by atoms with Gasteiger partial charge in [0.15, 0.2) is 5.82 Å². The minimum absolute atomic E-state index is 0.0840. The highest BCUT2D eigenvalue weighted by molar-refractivity contribution is 7.16. The average Bonchev–Trinajstić information content (AvgIpc) is 2.91. The molecule has 3 aromatic rings. The van der Waals surface area contributed by atoms with Crippen LogP contribution in [0.5, 0.6) is 0 Å². The van der Waals surface area contributed by atoms with Crippen molar-refractivity contribution < 1.29 is 13.2 Å². The zero-order valence-corrected chi connectivity index (χ0v) is 9.34. The van der Waals surface area contributed by atoms with Crippen molar-refractivity contribution in [2.45, 2.75) is 6.18 Å². The fourth-order valence-corrected chi connectivity index (χ4v) is 2.34. The lowest BCUT2D eigenvalue weighted by Gasteiger charge is -1.98. The molecule has 88 valence electrons. The van der Waals surface area contributed by atoms with E-state index in [0.717, 1.165) is 16.0 Å². The van der Waals surface area contributed by atoms with Gasteiger partial charge in [-0.2, -0.15) is 17.7 Å². The lowest BCUT2D eigenvalue weighted by molar-refractivity contribution is -0.138. The van der Waals surface area contributed by atoms with Crippen molar-refractivity contribution in [1.82, 2.24) is 29.4 Å². The number of alkyl halides is 3. The standard InChI is InChI=1S/C6HF3N6S2/c7-6(8,9)4-13-15-3(2-1-10-14-17-2)11-12-5(15)16-4/h1H. The molecule has 0 fully saturated rings. The maximum absolute atomic E-state index is 12.4. The van der Waals surface area contributed by atoms with Crippen LogP contribution in [-0.2, 0) is 6.18 Å². The van der Waals surface area contributed by atoms with Gasteiger partial charge in [-0.1, -0.05) is 15.8 Å². The zero-order valence-electron chi connectivity index (χ0n) is 7.71. The van der Waals surface area contributed by atoms with E-state index in [4.69, 9.17) is 0 Å². The van der Waals surface area contributed by atoms with Gasteiger partial charge >= 0.3 is 6.18 Å². The summed E-state index contributed by atoms with van der Waals surface area (Å²) in [5, 5.41) is 13.4. The predicted octanol–water partition coefficient (Wildman–Crippen LogP) is 1.72. The van der Waals surface area contributed by atoms with Crippen LogP contribution in [0.4, 0.5) is 13.2 Å². The minimum Gasteiger partial charge on any atom is -0.181 e. The van der Waals surface area contributed by atoms with Gasteiger partial charge in [0.1, 0.15) is 4.88 Å². The lowest BCUT2D eigenvalue weighted by atomic mass is 10.5. The van der Waals surface area contributed by atoms with E-state index < -0.39 is 11.2 Å². The van der Waals surface area contributed by atoms with Crippen molar-refractivity contribution in [2.24, 2.45) is 0 Å². The summed E-state index contributed by atoms with van der Waals surface area (Å²) in [6.07, 6.45) is -3.08. The number of halogens is 3. The van der Waals surface area contributed by atoms with Crippen LogP contribution in [0.1, 0.15) is 5.01 Å². The molecule has 0 aliphatic carbocycles. The summed E-state index contributed by atoms with van der Waals surface area (Å²) in [6, 6.07) is 0. The van der Waals surface area contributed by atoms with E-state index in [9.17, 15) is 13.2 Å². The van der Waals surface area contributed by atoms with Gasteiger partial charge in [0.05, 0.1) is 6.20 Å². The van der Waals surface area contributed by atoms with Crippen LogP contribution < -0.4 is 0 Å². The Balaban J connectivity index is 2.19. The van der Waals surface area contributed by atoms with Crippen molar-refractivity contribution in [3.63, 3.8) is 0 Å². The molecule has 17 heavy (non-hydrogen) atoms. The van der Waals surface area contributed by atoms with Gasteiger partial charge in [0.25, 0.3) is 0 Å². The molecule has 0 saturated heterocycles. The molecule has 0 saturated carbocycles. The predicted molar refractivity (Wildman–Crippen MR) is 52.6 cm³/mol. The van der Waals surface area contributed by atoms with E-state index in [0.29, 0.717) is 16.2 Å². The molecular weight excluding hydrogens is 277 g/mol. The molecule has 0 amide bonds. The maximum atomic E-state index is 12.4. The Kier molecular flexibility index (Phi) is 2.13. The third kappa shape index (κ3) is 1.67. The van der Waals surface area contributed by atoms with Gasteiger partial charge in [-0.15, -0.1) is 20.4 Å². The van der Waals surface area contributed by atoms with Crippen LogP contribution in [-0.4, -0.2) is 29.4 Å². The van der Waals surface area contributed by atoms with Crippen LogP contribution in [0.3, 0.4) is 0 Å². The fraction of sp³-hybridized carbons (Fsp3) is 0.167. The Labute approximate surface area is 98.9 Å². The van der Waals surface area contributed by atoms with Crippen LogP contribution in [0.2, 0.25) is 0 Å². The molecular formula is C6HF3N6S2. The van der Waals surface area contributed by atoms with Crippen molar-refractivity contribution >= 4 is 27.8 Å². The van der Waals surface area contributed by atoms with Crippen molar-refractivity contribution in [3.05, 3.63) is 11.2 Å².